The average Bonchev–Trinajstić information content (AvgIpc) is 3.46. The van der Waals surface area contributed by atoms with Crippen LogP contribution in [-0.2, 0) is 26.5 Å². The minimum Gasteiger partial charge on any atom is -0.309 e. The Balaban J connectivity index is 0.000000175. The van der Waals surface area contributed by atoms with Gasteiger partial charge in [-0.2, -0.15) is 0 Å². The van der Waals surface area contributed by atoms with Crippen molar-refractivity contribution in [3.05, 3.63) is 163 Å². The molecule has 50 heavy (non-hydrogen) atoms. The molecule has 0 amide bonds. The summed E-state index contributed by atoms with van der Waals surface area (Å²) in [4.78, 5) is 9.22. The van der Waals surface area contributed by atoms with Crippen LogP contribution in [-0.4, -0.2) is 14.5 Å². The molecule has 247 valence electrons. The molecule has 1 aliphatic rings. The number of para-hydroxylation sites is 2. The maximum atomic E-state index is 8.48. The van der Waals surface area contributed by atoms with E-state index in [1.807, 2.05) is 36.5 Å². The fourth-order valence-electron chi connectivity index (χ4n) is 6.69. The number of aromatic nitrogens is 3. The van der Waals surface area contributed by atoms with E-state index in [1.54, 1.807) is 32.9 Å². The predicted octanol–water partition coefficient (Wildman–Crippen LogP) is 11.7. The average molecular weight is 829 g/mol. The zero-order valence-electron chi connectivity index (χ0n) is 33.0. The molecule has 5 aromatic carbocycles. The summed E-state index contributed by atoms with van der Waals surface area (Å²) in [6.45, 7) is 2.85. The third-order valence-electron chi connectivity index (χ3n) is 8.70. The summed E-state index contributed by atoms with van der Waals surface area (Å²) < 4.78 is 42.5. The van der Waals surface area contributed by atoms with E-state index in [0.29, 0.717) is 11.3 Å². The number of hydrogen-bond acceptors (Lipinski definition) is 2. The van der Waals surface area contributed by atoms with Crippen LogP contribution in [0.2, 0.25) is 0 Å². The van der Waals surface area contributed by atoms with E-state index in [4.69, 9.17) is 11.8 Å². The zero-order valence-corrected chi connectivity index (χ0v) is 30.3. The minimum absolute atomic E-state index is 0. The monoisotopic (exact) mass is 829 g/mol. The summed E-state index contributed by atoms with van der Waals surface area (Å²) in [5.74, 6) is 0. The van der Waals surface area contributed by atoms with Crippen molar-refractivity contribution in [2.24, 2.45) is 5.41 Å². The van der Waals surface area contributed by atoms with Crippen molar-refractivity contribution in [1.82, 2.24) is 14.5 Å². The number of benzene rings is 5. The molecule has 4 heteroatoms. The molecule has 0 unspecified atom stereocenters. The van der Waals surface area contributed by atoms with Gasteiger partial charge in [-0.3, -0.25) is 0 Å². The van der Waals surface area contributed by atoms with Crippen LogP contribution < -0.4 is 0 Å². The molecule has 4 heterocycles. The molecule has 0 aliphatic carbocycles. The Morgan fingerprint density at radius 3 is 2.04 bits per heavy atom. The molecule has 8 aromatic rings. The third-order valence-corrected chi connectivity index (χ3v) is 8.70. The van der Waals surface area contributed by atoms with Crippen molar-refractivity contribution in [2.75, 3.05) is 0 Å². The topological polar surface area (TPSA) is 30.7 Å². The Morgan fingerprint density at radius 1 is 0.700 bits per heavy atom. The summed E-state index contributed by atoms with van der Waals surface area (Å²) in [6.07, 6.45) is 1.49. The fraction of sp³-hybridized carbons (Fsp3) is 0.130. The van der Waals surface area contributed by atoms with Crippen LogP contribution in [0.4, 0.5) is 0 Å². The number of pyridine rings is 2. The molecule has 1 radical (unpaired) electrons. The van der Waals surface area contributed by atoms with E-state index in [1.165, 1.54) is 50.4 Å². The van der Waals surface area contributed by atoms with Gasteiger partial charge in [-0.15, -0.1) is 71.8 Å². The van der Waals surface area contributed by atoms with Crippen LogP contribution in [0, 0.1) is 24.4 Å². The second-order valence-corrected chi connectivity index (χ2v) is 13.2. The fourth-order valence-corrected chi connectivity index (χ4v) is 6.69. The first kappa shape index (κ1) is 27.6. The van der Waals surface area contributed by atoms with Crippen LogP contribution in [0.15, 0.2) is 140 Å². The molecule has 3 aromatic heterocycles. The van der Waals surface area contributed by atoms with Crippen molar-refractivity contribution >= 4 is 21.8 Å². The molecular formula is C46H37IrN3-2. The molecule has 0 N–H and O–H groups in total. The van der Waals surface area contributed by atoms with Crippen molar-refractivity contribution in [2.45, 2.75) is 34.0 Å². The number of hydrogen-bond donors (Lipinski definition) is 0. The summed E-state index contributed by atoms with van der Waals surface area (Å²) in [5.41, 5.74) is 11.1. The Labute approximate surface area is 315 Å². The minimum atomic E-state index is -2.42. The number of aryl methyl sites for hydroxylation is 1. The van der Waals surface area contributed by atoms with Gasteiger partial charge >= 0.3 is 0 Å². The molecule has 0 saturated carbocycles. The smallest absolute Gasteiger partial charge is 0.0563 e. The van der Waals surface area contributed by atoms with Crippen LogP contribution in [0.3, 0.4) is 0 Å². The molecule has 0 fully saturated rings. The van der Waals surface area contributed by atoms with Crippen LogP contribution in [0.25, 0.3) is 72.3 Å². The zero-order chi connectivity index (χ0) is 37.8. The Hall–Kier alpha value is -5.15. The summed E-state index contributed by atoms with van der Waals surface area (Å²) in [5, 5.41) is 2.40. The van der Waals surface area contributed by atoms with Crippen molar-refractivity contribution < 1.29 is 27.0 Å². The maximum Gasteiger partial charge on any atom is 0.0563 e. The first-order valence-corrected chi connectivity index (χ1v) is 16.4. The first-order chi connectivity index (χ1) is 25.9. The molecular weight excluding hydrogens is 787 g/mol. The molecule has 0 atom stereocenters. The Morgan fingerprint density at radius 2 is 1.34 bits per heavy atom. The van der Waals surface area contributed by atoms with Gasteiger partial charge in [0.2, 0.25) is 0 Å². The van der Waals surface area contributed by atoms with E-state index in [9.17, 15) is 0 Å². The predicted molar refractivity (Wildman–Crippen MR) is 204 cm³/mol. The van der Waals surface area contributed by atoms with Gasteiger partial charge in [-0.05, 0) is 64.2 Å². The van der Waals surface area contributed by atoms with E-state index in [-0.39, 0.29) is 31.2 Å². The largest absolute Gasteiger partial charge is 0.309 e. The number of nitrogens with zero attached hydrogens (tertiary/aromatic N) is 3. The van der Waals surface area contributed by atoms with Gasteiger partial charge in [0.05, 0.1) is 16.7 Å². The van der Waals surface area contributed by atoms with Gasteiger partial charge in [0.1, 0.15) is 0 Å². The SMILES string of the molecule is [2H]C([2H])([2H])c1cnc(-c2[c-]cccc2)cc1C([2H])([2H])C(C)(C)C.[Ir].[c-]1ccccc1-c1ncc2c3c1c1ccccc1n3-c1ccccc1-c1ccccc1-2. The van der Waals surface area contributed by atoms with Gasteiger partial charge in [0, 0.05) is 55.9 Å². The van der Waals surface area contributed by atoms with Crippen LogP contribution >= 0.6 is 0 Å². The third kappa shape index (κ3) is 6.11. The van der Waals surface area contributed by atoms with E-state index < -0.39 is 18.6 Å². The second kappa shape index (κ2) is 13.6. The van der Waals surface area contributed by atoms with E-state index >= 15 is 0 Å². The van der Waals surface area contributed by atoms with Gasteiger partial charge in [-0.25, -0.2) is 0 Å². The van der Waals surface area contributed by atoms with Crippen molar-refractivity contribution in [3.8, 4) is 50.5 Å². The standard InChI is InChI=1S/C29H17N2.C17H20N.Ir/c1-2-10-19(11-3-1)28-27-23-15-7-9-17-26(23)31-25-16-8-6-14-22(25)20-12-4-5-13-21(20)24(18-30-28)29(27)31;1-13-12-18-16(14-8-6-5-7-9-14)10-15(13)11-17(2,3)4;/h1-10,12-18H;5-8,10,12H,11H2,1-4H3;/q2*-1;/i;1D3,11D2;. The van der Waals surface area contributed by atoms with Gasteiger partial charge in [0.15, 0.2) is 0 Å². The quantitative estimate of drug-likeness (QED) is 0.166. The summed E-state index contributed by atoms with van der Waals surface area (Å²) >= 11 is 0. The molecule has 9 rings (SSSR count). The normalized spacial score (nSPS) is 13.5. The maximum absolute atomic E-state index is 8.48. The molecule has 1 aliphatic heterocycles. The van der Waals surface area contributed by atoms with E-state index in [2.05, 4.69) is 107 Å². The summed E-state index contributed by atoms with van der Waals surface area (Å²) in [7, 11) is 0. The van der Waals surface area contributed by atoms with Crippen LogP contribution in [0.5, 0.6) is 0 Å². The van der Waals surface area contributed by atoms with Crippen molar-refractivity contribution in [3.63, 3.8) is 0 Å². The summed E-state index contributed by atoms with van der Waals surface area (Å²) in [6, 6.07) is 49.3. The molecule has 0 spiro atoms. The molecule has 3 nitrogen and oxygen atoms in total. The van der Waals surface area contributed by atoms with Gasteiger partial charge < -0.3 is 14.5 Å². The molecule has 0 bridgehead atoms. The van der Waals surface area contributed by atoms with E-state index in [0.717, 1.165) is 16.8 Å². The first-order valence-electron chi connectivity index (χ1n) is 18.9. The molecule has 0 saturated heterocycles. The van der Waals surface area contributed by atoms with Crippen molar-refractivity contribution in [1.29, 1.82) is 0 Å². The Kier molecular flexibility index (Phi) is 7.54. The second-order valence-electron chi connectivity index (χ2n) is 13.2. The number of fused-ring (bicyclic) bond motifs is 8. The van der Waals surface area contributed by atoms with Crippen LogP contribution in [0.1, 0.15) is 38.8 Å². The van der Waals surface area contributed by atoms with Gasteiger partial charge in [-0.1, -0.05) is 93.1 Å². The Bertz CT molecular complexity index is 2660. The number of rotatable bonds is 3. The van der Waals surface area contributed by atoms with Gasteiger partial charge in [0.25, 0.3) is 0 Å².